The Balaban J connectivity index is 3.18. The van der Waals surface area contributed by atoms with E-state index in [0.717, 1.165) is 0 Å². The van der Waals surface area contributed by atoms with E-state index in [0.29, 0.717) is 5.69 Å². The molecule has 0 aromatic heterocycles. The van der Waals surface area contributed by atoms with E-state index in [-0.39, 0.29) is 27.8 Å². The fraction of sp³-hybridized carbons (Fsp3) is 0.267. The lowest BCUT2D eigenvalue weighted by Crippen LogP contribution is -2.19. The van der Waals surface area contributed by atoms with Crippen LogP contribution in [-0.4, -0.2) is 31.3 Å². The van der Waals surface area contributed by atoms with Crippen molar-refractivity contribution in [2.24, 2.45) is 0 Å². The maximum absolute atomic E-state index is 11.8. The second kappa shape index (κ2) is 8.55. The van der Waals surface area contributed by atoms with Gasteiger partial charge in [-0.2, -0.15) is 0 Å². The highest BCUT2D eigenvalue weighted by Crippen LogP contribution is 2.31. The van der Waals surface area contributed by atoms with Crippen LogP contribution in [0.25, 0.3) is 0 Å². The number of hydrogen-bond acceptors (Lipinski definition) is 5. The van der Waals surface area contributed by atoms with Crippen LogP contribution in [0.3, 0.4) is 0 Å². The van der Waals surface area contributed by atoms with Gasteiger partial charge in [0.1, 0.15) is 5.57 Å². The fourth-order valence-corrected chi connectivity index (χ4v) is 2.26. The Bertz CT molecular complexity index is 672. The number of hydrogen-bond donors (Lipinski definition) is 2. The third kappa shape index (κ3) is 4.71. The number of Topliss-reactive ketones (excluding diaryl/α,β-unsaturated/α-hetero) is 1. The van der Waals surface area contributed by atoms with E-state index >= 15 is 0 Å². The van der Waals surface area contributed by atoms with Crippen molar-refractivity contribution in [1.82, 2.24) is 5.32 Å². The molecule has 0 saturated carbocycles. The molecule has 0 bridgehead atoms. The molecule has 0 radical (unpaired) electrons. The van der Waals surface area contributed by atoms with Crippen molar-refractivity contribution in [1.29, 1.82) is 0 Å². The number of amides is 1. The first-order valence-electron chi connectivity index (χ1n) is 6.68. The number of carbonyl (C=O) groups excluding carboxylic acids is 3. The largest absolute Gasteiger partial charge is 0.462 e. The summed E-state index contributed by atoms with van der Waals surface area (Å²) in [5.74, 6) is -1.67. The molecule has 0 atom stereocenters. The van der Waals surface area contributed by atoms with Crippen LogP contribution in [0.1, 0.15) is 24.2 Å². The summed E-state index contributed by atoms with van der Waals surface area (Å²) in [6, 6.07) is 3.00. The number of anilines is 1. The summed E-state index contributed by atoms with van der Waals surface area (Å²) in [5, 5.41) is 5.41. The Kier molecular flexibility index (Phi) is 7.06. The lowest BCUT2D eigenvalue weighted by molar-refractivity contribution is -0.139. The third-order valence-corrected chi connectivity index (χ3v) is 3.50. The van der Waals surface area contributed by atoms with E-state index in [4.69, 9.17) is 27.9 Å². The maximum Gasteiger partial charge on any atom is 0.343 e. The highest BCUT2D eigenvalue weighted by Gasteiger charge is 2.18. The molecule has 0 unspecified atom stereocenters. The molecule has 0 spiro atoms. The number of carbonyl (C=O) groups is 3. The Morgan fingerprint density at radius 3 is 2.43 bits per heavy atom. The summed E-state index contributed by atoms with van der Waals surface area (Å²) in [6.07, 6.45) is 1.18. The van der Waals surface area contributed by atoms with Gasteiger partial charge in [0, 0.05) is 13.2 Å². The standard InChI is InChI=1S/C15H16Cl2N2O4/c1-4-23-15(22)9(8(2)20)7-19-11-6-5-10(16)12(13(11)17)14(21)18-3/h5-7,19H,4H2,1-3H3,(H,18,21). The molecule has 0 aliphatic rings. The lowest BCUT2D eigenvalue weighted by atomic mass is 10.1. The maximum atomic E-state index is 11.8. The molecule has 0 aliphatic heterocycles. The highest BCUT2D eigenvalue weighted by atomic mass is 35.5. The second-order valence-electron chi connectivity index (χ2n) is 4.34. The monoisotopic (exact) mass is 358 g/mol. The van der Waals surface area contributed by atoms with Crippen LogP contribution in [0.5, 0.6) is 0 Å². The Labute approximate surface area is 143 Å². The molecule has 0 saturated heterocycles. The molecule has 1 rings (SSSR count). The number of esters is 1. The predicted molar refractivity (Wildman–Crippen MR) is 88.9 cm³/mol. The highest BCUT2D eigenvalue weighted by molar-refractivity contribution is 6.41. The topological polar surface area (TPSA) is 84.5 Å². The Hall–Kier alpha value is -2.05. The Morgan fingerprint density at radius 2 is 1.91 bits per heavy atom. The van der Waals surface area contributed by atoms with E-state index in [9.17, 15) is 14.4 Å². The number of benzene rings is 1. The lowest BCUT2D eigenvalue weighted by Gasteiger charge is -2.11. The number of nitrogens with one attached hydrogen (secondary N) is 2. The SMILES string of the molecule is CCOC(=O)C(=CNc1ccc(Cl)c(C(=O)NC)c1Cl)C(C)=O. The predicted octanol–water partition coefficient (Wildman–Crippen LogP) is 2.80. The van der Waals surface area contributed by atoms with E-state index in [1.54, 1.807) is 6.92 Å². The van der Waals surface area contributed by atoms with Gasteiger partial charge in [0.15, 0.2) is 5.78 Å². The van der Waals surface area contributed by atoms with Gasteiger partial charge >= 0.3 is 5.97 Å². The van der Waals surface area contributed by atoms with Crippen molar-refractivity contribution in [3.8, 4) is 0 Å². The molecule has 6 nitrogen and oxygen atoms in total. The first-order chi connectivity index (χ1) is 10.8. The minimum absolute atomic E-state index is 0.0693. The van der Waals surface area contributed by atoms with Gasteiger partial charge in [0.25, 0.3) is 5.91 Å². The van der Waals surface area contributed by atoms with Crippen LogP contribution < -0.4 is 10.6 Å². The number of rotatable bonds is 6. The van der Waals surface area contributed by atoms with Gasteiger partial charge < -0.3 is 15.4 Å². The quantitative estimate of drug-likeness (QED) is 0.353. The van der Waals surface area contributed by atoms with Crippen molar-refractivity contribution < 1.29 is 19.1 Å². The van der Waals surface area contributed by atoms with Gasteiger partial charge in [-0.15, -0.1) is 0 Å². The van der Waals surface area contributed by atoms with E-state index in [1.807, 2.05) is 0 Å². The number of halogens is 2. The molecule has 124 valence electrons. The van der Waals surface area contributed by atoms with Crippen LogP contribution >= 0.6 is 23.2 Å². The smallest absolute Gasteiger partial charge is 0.343 e. The minimum Gasteiger partial charge on any atom is -0.462 e. The molecule has 0 heterocycles. The van der Waals surface area contributed by atoms with Crippen molar-refractivity contribution in [3.05, 3.63) is 39.5 Å². The first-order valence-corrected chi connectivity index (χ1v) is 7.43. The normalized spacial score (nSPS) is 10.9. The van der Waals surface area contributed by atoms with E-state index in [2.05, 4.69) is 10.6 Å². The van der Waals surface area contributed by atoms with Crippen LogP contribution in [0.4, 0.5) is 5.69 Å². The third-order valence-electron chi connectivity index (χ3n) is 2.79. The summed E-state index contributed by atoms with van der Waals surface area (Å²) in [7, 11) is 1.45. The molecule has 1 aromatic rings. The van der Waals surface area contributed by atoms with Gasteiger partial charge in [-0.25, -0.2) is 4.79 Å². The minimum atomic E-state index is -0.746. The Morgan fingerprint density at radius 1 is 1.26 bits per heavy atom. The van der Waals surface area contributed by atoms with Crippen LogP contribution in [0.15, 0.2) is 23.9 Å². The van der Waals surface area contributed by atoms with Gasteiger partial charge in [-0.3, -0.25) is 9.59 Å². The van der Waals surface area contributed by atoms with Gasteiger partial charge in [0.05, 0.1) is 27.9 Å². The van der Waals surface area contributed by atoms with Crippen molar-refractivity contribution in [2.75, 3.05) is 19.0 Å². The molecule has 2 N–H and O–H groups in total. The van der Waals surface area contributed by atoms with Gasteiger partial charge in [0.2, 0.25) is 0 Å². The summed E-state index contributed by atoms with van der Waals surface area (Å²) in [5.41, 5.74) is 0.242. The molecule has 0 fully saturated rings. The van der Waals surface area contributed by atoms with E-state index < -0.39 is 17.7 Å². The summed E-state index contributed by atoms with van der Waals surface area (Å²) in [6.45, 7) is 3.02. The zero-order valence-corrected chi connectivity index (χ0v) is 14.3. The van der Waals surface area contributed by atoms with Crippen LogP contribution in [0.2, 0.25) is 10.0 Å². The summed E-state index contributed by atoms with van der Waals surface area (Å²) >= 11 is 12.1. The van der Waals surface area contributed by atoms with Crippen molar-refractivity contribution in [3.63, 3.8) is 0 Å². The van der Waals surface area contributed by atoms with Crippen LogP contribution in [0, 0.1) is 0 Å². The van der Waals surface area contributed by atoms with Gasteiger partial charge in [-0.05, 0) is 26.0 Å². The molecular formula is C15H16Cl2N2O4. The molecule has 1 amide bonds. The number of ether oxygens (including phenoxy) is 1. The van der Waals surface area contributed by atoms with E-state index in [1.165, 1.54) is 32.3 Å². The van der Waals surface area contributed by atoms with Gasteiger partial charge in [-0.1, -0.05) is 23.2 Å². The fourth-order valence-electron chi connectivity index (χ4n) is 1.66. The zero-order valence-electron chi connectivity index (χ0n) is 12.8. The van der Waals surface area contributed by atoms with Crippen molar-refractivity contribution in [2.45, 2.75) is 13.8 Å². The average molecular weight is 359 g/mol. The van der Waals surface area contributed by atoms with Crippen molar-refractivity contribution >= 4 is 46.5 Å². The zero-order chi connectivity index (χ0) is 17.6. The summed E-state index contributed by atoms with van der Waals surface area (Å²) < 4.78 is 4.80. The van der Waals surface area contributed by atoms with Crippen LogP contribution in [-0.2, 0) is 14.3 Å². The number of ketones is 1. The summed E-state index contributed by atoms with van der Waals surface area (Å²) in [4.78, 5) is 35.0. The molecule has 0 aliphatic carbocycles. The first kappa shape index (κ1) is 19.0. The molecule has 8 heteroatoms. The molecule has 23 heavy (non-hydrogen) atoms. The molecule has 1 aromatic carbocycles. The average Bonchev–Trinajstić information content (AvgIpc) is 2.49. The second-order valence-corrected chi connectivity index (χ2v) is 5.13. The molecular weight excluding hydrogens is 343 g/mol.